The minimum Gasteiger partial charge on any atom is -0.462 e. The summed E-state index contributed by atoms with van der Waals surface area (Å²) in [4.78, 5) is 27.7. The molecule has 0 fully saturated rings. The molecule has 2 aromatic carbocycles. The van der Waals surface area contributed by atoms with Gasteiger partial charge in [-0.05, 0) is 54.7 Å². The van der Waals surface area contributed by atoms with Crippen molar-refractivity contribution in [2.45, 2.75) is 46.2 Å². The van der Waals surface area contributed by atoms with E-state index in [9.17, 15) is 9.59 Å². The molecule has 1 atom stereocenters. The Bertz CT molecular complexity index is 1070. The van der Waals surface area contributed by atoms with Crippen LogP contribution in [0, 0.1) is 0 Å². The van der Waals surface area contributed by atoms with E-state index in [-0.39, 0.29) is 11.9 Å². The Morgan fingerprint density at radius 1 is 1.12 bits per heavy atom. The molecule has 3 rings (SSSR count). The molecular formula is C26H33N5O3. The number of ether oxygens (including phenoxy) is 1. The maximum absolute atomic E-state index is 13.3. The van der Waals surface area contributed by atoms with Crippen molar-refractivity contribution in [2.24, 2.45) is 16.2 Å². The van der Waals surface area contributed by atoms with Crippen molar-refractivity contribution in [1.82, 2.24) is 4.90 Å². The third-order valence-corrected chi connectivity index (χ3v) is 5.61. The molecule has 1 unspecified atom stereocenters. The van der Waals surface area contributed by atoms with E-state index < -0.39 is 6.17 Å². The molecule has 180 valence electrons. The van der Waals surface area contributed by atoms with Crippen molar-refractivity contribution in [3.63, 3.8) is 0 Å². The average Bonchev–Trinajstić information content (AvgIpc) is 3.02. The molecule has 2 aromatic rings. The molecule has 3 N–H and O–H groups in total. The van der Waals surface area contributed by atoms with Gasteiger partial charge in [0.15, 0.2) is 0 Å². The van der Waals surface area contributed by atoms with Gasteiger partial charge in [-0.15, -0.1) is 5.11 Å². The van der Waals surface area contributed by atoms with E-state index in [0.29, 0.717) is 37.3 Å². The summed E-state index contributed by atoms with van der Waals surface area (Å²) in [6, 6.07) is 13.2. The molecule has 1 heterocycles. The highest BCUT2D eigenvalue weighted by Gasteiger charge is 2.25. The summed E-state index contributed by atoms with van der Waals surface area (Å²) in [5, 5.41) is 10.9. The Morgan fingerprint density at radius 2 is 1.85 bits per heavy atom. The first-order valence-corrected chi connectivity index (χ1v) is 11.8. The topological polar surface area (TPSA) is 109 Å². The molecule has 8 heteroatoms. The van der Waals surface area contributed by atoms with Crippen LogP contribution < -0.4 is 11.2 Å². The van der Waals surface area contributed by atoms with Gasteiger partial charge in [0.1, 0.15) is 6.17 Å². The lowest BCUT2D eigenvalue weighted by Gasteiger charge is -2.23. The van der Waals surface area contributed by atoms with Gasteiger partial charge in [0.25, 0.3) is 0 Å². The highest BCUT2D eigenvalue weighted by Crippen LogP contribution is 2.33. The number of rotatable bonds is 9. The van der Waals surface area contributed by atoms with E-state index in [1.54, 1.807) is 13.0 Å². The second-order valence-corrected chi connectivity index (χ2v) is 8.13. The minimum atomic E-state index is -0.484. The molecule has 1 amide bonds. The van der Waals surface area contributed by atoms with Crippen molar-refractivity contribution >= 4 is 23.6 Å². The Hall–Kier alpha value is -3.68. The lowest BCUT2D eigenvalue weighted by Crippen LogP contribution is -2.34. The Kier molecular flexibility index (Phi) is 8.79. The SMILES string of the molecule is CCCN(CCC)C(=O)C1=Cc2ccc(-c3ccccc3C(=O)OCC)cc2NC(N=NN)C1. The Morgan fingerprint density at radius 3 is 2.53 bits per heavy atom. The number of esters is 1. The predicted molar refractivity (Wildman–Crippen MR) is 134 cm³/mol. The monoisotopic (exact) mass is 463 g/mol. The van der Waals surface area contributed by atoms with Gasteiger partial charge in [-0.3, -0.25) is 4.79 Å². The van der Waals surface area contributed by atoms with E-state index in [0.717, 1.165) is 35.2 Å². The van der Waals surface area contributed by atoms with Crippen molar-refractivity contribution in [3.05, 3.63) is 59.2 Å². The van der Waals surface area contributed by atoms with E-state index in [2.05, 4.69) is 29.5 Å². The van der Waals surface area contributed by atoms with Crippen LogP contribution in [0.25, 0.3) is 17.2 Å². The number of hydrogen-bond donors (Lipinski definition) is 2. The summed E-state index contributed by atoms with van der Waals surface area (Å²) in [7, 11) is 0. The summed E-state index contributed by atoms with van der Waals surface area (Å²) in [5.74, 6) is 5.00. The van der Waals surface area contributed by atoms with Crippen molar-refractivity contribution < 1.29 is 14.3 Å². The molecule has 0 saturated heterocycles. The fourth-order valence-electron chi connectivity index (χ4n) is 4.14. The van der Waals surface area contributed by atoms with Gasteiger partial charge < -0.3 is 20.8 Å². The van der Waals surface area contributed by atoms with Crippen molar-refractivity contribution in [2.75, 3.05) is 25.0 Å². The number of fused-ring (bicyclic) bond motifs is 1. The van der Waals surface area contributed by atoms with Gasteiger partial charge in [0.05, 0.1) is 12.2 Å². The molecule has 0 spiro atoms. The van der Waals surface area contributed by atoms with Gasteiger partial charge >= 0.3 is 5.97 Å². The van der Waals surface area contributed by atoms with E-state index in [1.165, 1.54) is 0 Å². The van der Waals surface area contributed by atoms with Gasteiger partial charge in [-0.2, -0.15) is 0 Å². The highest BCUT2D eigenvalue weighted by atomic mass is 16.5. The van der Waals surface area contributed by atoms with Gasteiger partial charge in [0.2, 0.25) is 5.91 Å². The van der Waals surface area contributed by atoms with Crippen molar-refractivity contribution in [3.8, 4) is 11.1 Å². The zero-order chi connectivity index (χ0) is 24.5. The predicted octanol–water partition coefficient (Wildman–Crippen LogP) is 5.03. The zero-order valence-electron chi connectivity index (χ0n) is 20.1. The molecule has 0 bridgehead atoms. The molecule has 34 heavy (non-hydrogen) atoms. The van der Waals surface area contributed by atoms with Gasteiger partial charge in [0, 0.05) is 30.8 Å². The largest absolute Gasteiger partial charge is 0.462 e. The summed E-state index contributed by atoms with van der Waals surface area (Å²) >= 11 is 0. The molecule has 1 aliphatic heterocycles. The van der Waals surface area contributed by atoms with E-state index in [1.807, 2.05) is 47.4 Å². The van der Waals surface area contributed by atoms with Crippen LogP contribution in [0.1, 0.15) is 56.0 Å². The molecular weight excluding hydrogens is 430 g/mol. The van der Waals surface area contributed by atoms with Crippen LogP contribution in [0.15, 0.2) is 58.4 Å². The number of hydrogen-bond acceptors (Lipinski definition) is 6. The number of amides is 1. The Labute approximate surface area is 200 Å². The maximum Gasteiger partial charge on any atom is 0.338 e. The van der Waals surface area contributed by atoms with Crippen LogP contribution in [-0.4, -0.2) is 42.6 Å². The quantitative estimate of drug-likeness (QED) is 0.235. The second kappa shape index (κ2) is 12.0. The number of nitrogens with two attached hydrogens (primary N) is 1. The standard InChI is InChI=1S/C26H33N5O3/c1-4-13-31(14-5-2)25(32)20-15-19-12-11-18(16-23(19)28-24(17-20)29-30-27)21-9-7-8-10-22(21)26(33)34-6-3/h7-12,15-16,24,28H,4-6,13-14,17H2,1-3H3,(H2,27,29). The van der Waals surface area contributed by atoms with E-state index >= 15 is 0 Å². The molecule has 8 nitrogen and oxygen atoms in total. The van der Waals surface area contributed by atoms with Gasteiger partial charge in [-0.25, -0.2) is 4.79 Å². The highest BCUT2D eigenvalue weighted by molar-refractivity contribution is 6.00. The number of nitrogens with zero attached hydrogens (tertiary/aromatic N) is 3. The number of benzene rings is 2. The van der Waals surface area contributed by atoms with Crippen LogP contribution in [0.5, 0.6) is 0 Å². The normalized spacial score (nSPS) is 15.1. The molecule has 0 aliphatic carbocycles. The molecule has 0 saturated carbocycles. The maximum atomic E-state index is 13.3. The third-order valence-electron chi connectivity index (χ3n) is 5.61. The number of anilines is 1. The first-order chi connectivity index (χ1) is 16.5. The van der Waals surface area contributed by atoms with Crippen LogP contribution in [0.4, 0.5) is 5.69 Å². The lowest BCUT2D eigenvalue weighted by atomic mass is 9.97. The minimum absolute atomic E-state index is 0.00676. The zero-order valence-corrected chi connectivity index (χ0v) is 20.1. The fourth-order valence-corrected chi connectivity index (χ4v) is 4.14. The lowest BCUT2D eigenvalue weighted by molar-refractivity contribution is -0.127. The first-order valence-electron chi connectivity index (χ1n) is 11.8. The molecule has 1 aliphatic rings. The van der Waals surface area contributed by atoms with Crippen molar-refractivity contribution in [1.29, 1.82) is 0 Å². The summed E-state index contributed by atoms with van der Waals surface area (Å²) in [5.41, 5.74) is 4.42. The fraction of sp³-hybridized carbons (Fsp3) is 0.385. The van der Waals surface area contributed by atoms with Crippen LogP contribution in [0.2, 0.25) is 0 Å². The third kappa shape index (κ3) is 5.81. The van der Waals surface area contributed by atoms with E-state index in [4.69, 9.17) is 10.6 Å². The number of carbonyl (C=O) groups excluding carboxylic acids is 2. The average molecular weight is 464 g/mol. The number of carbonyl (C=O) groups is 2. The second-order valence-electron chi connectivity index (χ2n) is 8.13. The van der Waals surface area contributed by atoms with Gasteiger partial charge in [-0.1, -0.05) is 49.4 Å². The smallest absolute Gasteiger partial charge is 0.338 e. The number of nitrogens with one attached hydrogen (secondary N) is 1. The summed E-state index contributed by atoms with van der Waals surface area (Å²) in [6.45, 7) is 7.63. The summed E-state index contributed by atoms with van der Waals surface area (Å²) < 4.78 is 5.23. The van der Waals surface area contributed by atoms with Crippen LogP contribution in [0.3, 0.4) is 0 Å². The van der Waals surface area contributed by atoms with Crippen LogP contribution in [-0.2, 0) is 9.53 Å². The first kappa shape index (κ1) is 25.0. The summed E-state index contributed by atoms with van der Waals surface area (Å²) in [6.07, 6.45) is 3.58. The van der Waals surface area contributed by atoms with Crippen LogP contribution >= 0.6 is 0 Å². The molecule has 0 aromatic heterocycles. The Balaban J connectivity index is 2.04. The molecule has 0 radical (unpaired) electrons.